The third-order valence-electron chi connectivity index (χ3n) is 4.14. The predicted molar refractivity (Wildman–Crippen MR) is 81.8 cm³/mol. The maximum atomic E-state index is 12.6. The van der Waals surface area contributed by atoms with Crippen molar-refractivity contribution < 1.29 is 18.0 Å². The maximum absolute atomic E-state index is 12.6. The quantitative estimate of drug-likeness (QED) is 0.885. The van der Waals surface area contributed by atoms with Gasteiger partial charge in [0.05, 0.1) is 6.04 Å². The highest BCUT2D eigenvalue weighted by molar-refractivity contribution is 5.94. The van der Waals surface area contributed by atoms with Crippen molar-refractivity contribution in [2.45, 2.75) is 32.0 Å². The van der Waals surface area contributed by atoms with Crippen LogP contribution in [0.5, 0.6) is 0 Å². The van der Waals surface area contributed by atoms with Gasteiger partial charge in [0.15, 0.2) is 0 Å². The molecule has 126 valence electrons. The molecule has 1 amide bonds. The molecule has 0 saturated carbocycles. The number of hydrogen-bond donors (Lipinski definition) is 2. The summed E-state index contributed by atoms with van der Waals surface area (Å²) >= 11 is 0. The summed E-state index contributed by atoms with van der Waals surface area (Å²) in [6, 6.07) is 7.28. The van der Waals surface area contributed by atoms with Crippen LogP contribution in [0, 0.1) is 6.92 Å². The van der Waals surface area contributed by atoms with Crippen LogP contribution in [0.25, 0.3) is 0 Å². The van der Waals surface area contributed by atoms with Crippen LogP contribution in [0.15, 0.2) is 35.1 Å². The second kappa shape index (κ2) is 5.81. The highest BCUT2D eigenvalue weighted by atomic mass is 19.4. The number of halogens is 3. The fourth-order valence-corrected chi connectivity index (χ4v) is 2.95. The number of hydrogen-bond acceptors (Lipinski definition) is 2. The average molecular weight is 336 g/mol. The minimum atomic E-state index is -4.66. The van der Waals surface area contributed by atoms with E-state index in [-0.39, 0.29) is 11.6 Å². The number of amides is 1. The Morgan fingerprint density at radius 1 is 1.25 bits per heavy atom. The fourth-order valence-electron chi connectivity index (χ4n) is 2.95. The third kappa shape index (κ3) is 3.06. The van der Waals surface area contributed by atoms with E-state index in [9.17, 15) is 22.8 Å². The Morgan fingerprint density at radius 3 is 2.67 bits per heavy atom. The van der Waals surface area contributed by atoms with Crippen LogP contribution in [0.2, 0.25) is 0 Å². The van der Waals surface area contributed by atoms with E-state index in [2.05, 4.69) is 5.32 Å². The van der Waals surface area contributed by atoms with Gasteiger partial charge in [-0.05, 0) is 43.0 Å². The summed E-state index contributed by atoms with van der Waals surface area (Å²) in [5.41, 5.74) is 0.692. The molecule has 1 atom stereocenters. The zero-order valence-corrected chi connectivity index (χ0v) is 12.8. The molecule has 0 bridgehead atoms. The Bertz CT molecular complexity index is 856. The molecular formula is C17H15F3N2O2. The average Bonchev–Trinajstić information content (AvgIpc) is 2.88. The molecular weight excluding hydrogens is 321 g/mol. The molecule has 7 heteroatoms. The van der Waals surface area contributed by atoms with E-state index in [0.29, 0.717) is 12.5 Å². The molecule has 1 aromatic heterocycles. The zero-order valence-electron chi connectivity index (χ0n) is 12.8. The summed E-state index contributed by atoms with van der Waals surface area (Å²) < 4.78 is 37.7. The molecule has 1 aliphatic carbocycles. The number of fused-ring (bicyclic) bond motifs is 1. The van der Waals surface area contributed by atoms with Crippen molar-refractivity contribution in [3.8, 4) is 0 Å². The highest BCUT2D eigenvalue weighted by Crippen LogP contribution is 2.32. The number of rotatable bonds is 2. The Labute approximate surface area is 135 Å². The summed E-state index contributed by atoms with van der Waals surface area (Å²) in [4.78, 5) is 25.7. The summed E-state index contributed by atoms with van der Waals surface area (Å²) in [6.07, 6.45) is -3.15. The summed E-state index contributed by atoms with van der Waals surface area (Å²) in [7, 11) is 0. The molecule has 0 saturated heterocycles. The third-order valence-corrected chi connectivity index (χ3v) is 4.14. The number of aryl methyl sites for hydroxylation is 2. The number of benzene rings is 1. The lowest BCUT2D eigenvalue weighted by Crippen LogP contribution is -2.32. The second-order valence-electron chi connectivity index (χ2n) is 5.88. The number of nitrogens with one attached hydrogen (secondary N) is 2. The van der Waals surface area contributed by atoms with Crippen molar-refractivity contribution in [2.24, 2.45) is 0 Å². The largest absolute Gasteiger partial charge is 0.431 e. The Balaban J connectivity index is 1.81. The van der Waals surface area contributed by atoms with E-state index < -0.39 is 23.3 Å². The lowest BCUT2D eigenvalue weighted by molar-refractivity contribution is -0.141. The smallest absolute Gasteiger partial charge is 0.345 e. The van der Waals surface area contributed by atoms with E-state index in [4.69, 9.17) is 0 Å². The van der Waals surface area contributed by atoms with Gasteiger partial charge in [0.2, 0.25) is 0 Å². The van der Waals surface area contributed by atoms with Crippen molar-refractivity contribution in [3.05, 3.63) is 68.6 Å². The van der Waals surface area contributed by atoms with Crippen LogP contribution in [0.4, 0.5) is 13.2 Å². The number of pyridine rings is 1. The molecule has 2 N–H and O–H groups in total. The van der Waals surface area contributed by atoms with Crippen LogP contribution in [0.1, 0.15) is 45.2 Å². The SMILES string of the molecule is Cc1ccc2c(c1)CCC2NC(=O)c1ccc(C(F)(F)F)[nH]c1=O. The van der Waals surface area contributed by atoms with Gasteiger partial charge in [0.25, 0.3) is 11.5 Å². The number of carbonyl (C=O) groups is 1. The van der Waals surface area contributed by atoms with E-state index in [1.165, 1.54) is 0 Å². The molecule has 1 unspecified atom stereocenters. The Kier molecular flexibility index (Phi) is 3.95. The predicted octanol–water partition coefficient (Wildman–Crippen LogP) is 3.12. The fraction of sp³-hybridized carbons (Fsp3) is 0.294. The van der Waals surface area contributed by atoms with Crippen LogP contribution in [-0.2, 0) is 12.6 Å². The first-order valence-corrected chi connectivity index (χ1v) is 7.46. The summed E-state index contributed by atoms with van der Waals surface area (Å²) in [5.74, 6) is -0.677. The first kappa shape index (κ1) is 16.3. The van der Waals surface area contributed by atoms with Crippen LogP contribution in [0.3, 0.4) is 0 Å². The second-order valence-corrected chi connectivity index (χ2v) is 5.88. The van der Waals surface area contributed by atoms with Gasteiger partial charge in [0.1, 0.15) is 11.3 Å². The lowest BCUT2D eigenvalue weighted by atomic mass is 10.1. The number of H-pyrrole nitrogens is 1. The topological polar surface area (TPSA) is 62.0 Å². The minimum Gasteiger partial charge on any atom is -0.345 e. The monoisotopic (exact) mass is 336 g/mol. The van der Waals surface area contributed by atoms with Crippen molar-refractivity contribution in [1.29, 1.82) is 0 Å². The summed E-state index contributed by atoms with van der Waals surface area (Å²) in [5, 5.41) is 2.73. The Hall–Kier alpha value is -2.57. The van der Waals surface area contributed by atoms with E-state index >= 15 is 0 Å². The Morgan fingerprint density at radius 2 is 2.00 bits per heavy atom. The number of aromatic amines is 1. The molecule has 0 radical (unpaired) electrons. The lowest BCUT2D eigenvalue weighted by Gasteiger charge is -2.14. The molecule has 0 aliphatic heterocycles. The molecule has 0 fully saturated rings. The molecule has 3 rings (SSSR count). The van der Waals surface area contributed by atoms with Crippen LogP contribution >= 0.6 is 0 Å². The summed E-state index contributed by atoms with van der Waals surface area (Å²) in [6.45, 7) is 1.98. The maximum Gasteiger partial charge on any atom is 0.431 e. The molecule has 4 nitrogen and oxygen atoms in total. The van der Waals surface area contributed by atoms with Gasteiger partial charge in [-0.3, -0.25) is 9.59 Å². The van der Waals surface area contributed by atoms with Gasteiger partial charge in [-0.1, -0.05) is 23.8 Å². The van der Waals surface area contributed by atoms with Gasteiger partial charge in [-0.15, -0.1) is 0 Å². The molecule has 24 heavy (non-hydrogen) atoms. The van der Waals surface area contributed by atoms with Gasteiger partial charge >= 0.3 is 6.18 Å². The van der Waals surface area contributed by atoms with Gasteiger partial charge in [0, 0.05) is 0 Å². The number of carbonyl (C=O) groups excluding carboxylic acids is 1. The van der Waals surface area contributed by atoms with E-state index in [1.54, 1.807) is 4.98 Å². The molecule has 1 aliphatic rings. The molecule has 1 aromatic carbocycles. The van der Waals surface area contributed by atoms with Crippen molar-refractivity contribution in [3.63, 3.8) is 0 Å². The molecule has 0 spiro atoms. The normalized spacial score (nSPS) is 16.8. The van der Waals surface area contributed by atoms with Crippen molar-refractivity contribution in [2.75, 3.05) is 0 Å². The number of aromatic nitrogens is 1. The zero-order chi connectivity index (χ0) is 17.5. The highest BCUT2D eigenvalue weighted by Gasteiger charge is 2.32. The minimum absolute atomic E-state index is 0.241. The van der Waals surface area contributed by atoms with Gasteiger partial charge < -0.3 is 10.3 Å². The van der Waals surface area contributed by atoms with E-state index in [1.807, 2.05) is 25.1 Å². The molecule has 2 aromatic rings. The first-order valence-electron chi connectivity index (χ1n) is 7.46. The van der Waals surface area contributed by atoms with Crippen molar-refractivity contribution in [1.82, 2.24) is 10.3 Å². The van der Waals surface area contributed by atoms with Crippen molar-refractivity contribution >= 4 is 5.91 Å². The van der Waals surface area contributed by atoms with Gasteiger partial charge in [-0.2, -0.15) is 13.2 Å². The van der Waals surface area contributed by atoms with Crippen LogP contribution < -0.4 is 10.9 Å². The standard InChI is InChI=1S/C17H15F3N2O2/c1-9-2-4-11-10(8-9)3-6-13(11)21-15(23)12-5-7-14(17(18,19)20)22-16(12)24/h2,4-5,7-8,13H,3,6H2,1H3,(H,21,23)(H,22,24). The number of alkyl halides is 3. The van der Waals surface area contributed by atoms with Crippen LogP contribution in [-0.4, -0.2) is 10.9 Å². The van der Waals surface area contributed by atoms with Gasteiger partial charge in [-0.25, -0.2) is 0 Å². The first-order chi connectivity index (χ1) is 11.3. The molecule has 1 heterocycles. The van der Waals surface area contributed by atoms with E-state index in [0.717, 1.165) is 29.2 Å².